The van der Waals surface area contributed by atoms with E-state index < -0.39 is 10.0 Å². The van der Waals surface area contributed by atoms with Crippen molar-refractivity contribution in [2.24, 2.45) is 0 Å². The summed E-state index contributed by atoms with van der Waals surface area (Å²) >= 11 is 12.2. The molecule has 1 amide bonds. The van der Waals surface area contributed by atoms with Crippen molar-refractivity contribution >= 4 is 44.8 Å². The van der Waals surface area contributed by atoms with E-state index in [4.69, 9.17) is 23.2 Å². The number of carbonyl (C=O) groups excluding carboxylic acids is 1. The zero-order chi connectivity index (χ0) is 17.9. The average Bonchev–Trinajstić information content (AvgIpc) is 2.52. The maximum absolute atomic E-state index is 12.6. The summed E-state index contributed by atoms with van der Waals surface area (Å²) in [6.07, 6.45) is 1.04. The lowest BCUT2D eigenvalue weighted by atomic mass is 10.3. The molecule has 1 heterocycles. The lowest BCUT2D eigenvalue weighted by Crippen LogP contribution is -2.51. The van der Waals surface area contributed by atoms with E-state index >= 15 is 0 Å². The molecule has 1 aliphatic rings. The van der Waals surface area contributed by atoms with Gasteiger partial charge in [-0.05, 0) is 18.7 Å². The summed E-state index contributed by atoms with van der Waals surface area (Å²) in [7, 11) is -3.71. The highest BCUT2D eigenvalue weighted by atomic mass is 35.5. The largest absolute Gasteiger partial charge is 0.339 e. The Morgan fingerprint density at radius 2 is 1.71 bits per heavy atom. The SMILES string of the molecule is CCN1CCN(C(=O)CN(c2c(Cl)cccc2Cl)S(C)(=O)=O)CC1. The molecule has 0 radical (unpaired) electrons. The van der Waals surface area contributed by atoms with Gasteiger partial charge in [-0.1, -0.05) is 36.2 Å². The quantitative estimate of drug-likeness (QED) is 0.766. The number of nitrogens with zero attached hydrogens (tertiary/aromatic N) is 3. The van der Waals surface area contributed by atoms with Gasteiger partial charge in [0, 0.05) is 26.2 Å². The van der Waals surface area contributed by atoms with Crippen LogP contribution in [-0.4, -0.2) is 69.6 Å². The summed E-state index contributed by atoms with van der Waals surface area (Å²) < 4.78 is 25.3. The number of hydrogen-bond donors (Lipinski definition) is 0. The van der Waals surface area contributed by atoms with Crippen LogP contribution in [0, 0.1) is 0 Å². The number of likely N-dealkylation sites (N-methyl/N-ethyl adjacent to an activating group) is 1. The smallest absolute Gasteiger partial charge is 0.243 e. The summed E-state index contributed by atoms with van der Waals surface area (Å²) in [6.45, 7) is 5.44. The maximum Gasteiger partial charge on any atom is 0.243 e. The molecule has 1 aromatic rings. The molecule has 0 spiro atoms. The van der Waals surface area contributed by atoms with Crippen LogP contribution in [-0.2, 0) is 14.8 Å². The second-order valence-corrected chi connectivity index (χ2v) is 8.38. The Morgan fingerprint density at radius 3 is 2.17 bits per heavy atom. The Hall–Kier alpha value is -1.02. The van der Waals surface area contributed by atoms with Gasteiger partial charge < -0.3 is 9.80 Å². The fourth-order valence-electron chi connectivity index (χ4n) is 2.63. The van der Waals surface area contributed by atoms with Crippen molar-refractivity contribution in [2.75, 3.05) is 49.8 Å². The number of benzene rings is 1. The van der Waals surface area contributed by atoms with E-state index in [9.17, 15) is 13.2 Å². The zero-order valence-corrected chi connectivity index (χ0v) is 16.0. The maximum atomic E-state index is 12.6. The number of carbonyl (C=O) groups is 1. The lowest BCUT2D eigenvalue weighted by Gasteiger charge is -2.35. The Bertz CT molecular complexity index is 684. The monoisotopic (exact) mass is 393 g/mol. The van der Waals surface area contributed by atoms with Crippen molar-refractivity contribution in [1.29, 1.82) is 0 Å². The molecule has 0 aromatic heterocycles. The Balaban J connectivity index is 2.21. The van der Waals surface area contributed by atoms with Crippen molar-refractivity contribution in [1.82, 2.24) is 9.80 Å². The van der Waals surface area contributed by atoms with Crippen LogP contribution in [0.25, 0.3) is 0 Å². The van der Waals surface area contributed by atoms with Gasteiger partial charge in [-0.2, -0.15) is 0 Å². The number of amides is 1. The minimum atomic E-state index is -3.71. The fourth-order valence-corrected chi connectivity index (χ4v) is 4.20. The number of sulfonamides is 1. The summed E-state index contributed by atoms with van der Waals surface area (Å²) in [4.78, 5) is 16.5. The summed E-state index contributed by atoms with van der Waals surface area (Å²) in [5.74, 6) is -0.257. The Morgan fingerprint density at radius 1 is 1.17 bits per heavy atom. The minimum Gasteiger partial charge on any atom is -0.339 e. The summed E-state index contributed by atoms with van der Waals surface area (Å²) in [6, 6.07) is 4.72. The third-order valence-corrected chi connectivity index (χ3v) is 5.76. The van der Waals surface area contributed by atoms with Crippen LogP contribution in [0.15, 0.2) is 18.2 Å². The van der Waals surface area contributed by atoms with Crippen LogP contribution in [0.4, 0.5) is 5.69 Å². The molecule has 0 saturated carbocycles. The summed E-state index contributed by atoms with van der Waals surface area (Å²) in [5.41, 5.74) is 0.142. The van der Waals surface area contributed by atoms with Gasteiger partial charge >= 0.3 is 0 Å². The lowest BCUT2D eigenvalue weighted by molar-refractivity contribution is -0.131. The number of piperazine rings is 1. The van der Waals surface area contributed by atoms with Crippen molar-refractivity contribution in [3.63, 3.8) is 0 Å². The van der Waals surface area contributed by atoms with E-state index in [2.05, 4.69) is 11.8 Å². The molecule has 0 unspecified atom stereocenters. The third-order valence-electron chi connectivity index (χ3n) is 4.04. The number of anilines is 1. The van der Waals surface area contributed by atoms with Gasteiger partial charge in [-0.3, -0.25) is 9.10 Å². The molecular formula is C15H21Cl2N3O3S. The fraction of sp³-hybridized carbons (Fsp3) is 0.533. The molecule has 6 nitrogen and oxygen atoms in total. The van der Waals surface area contributed by atoms with Gasteiger partial charge in [0.1, 0.15) is 6.54 Å². The first-order valence-electron chi connectivity index (χ1n) is 7.66. The van der Waals surface area contributed by atoms with E-state index in [1.807, 2.05) is 0 Å². The van der Waals surface area contributed by atoms with Crippen molar-refractivity contribution in [3.05, 3.63) is 28.2 Å². The predicted molar refractivity (Wildman–Crippen MR) is 97.3 cm³/mol. The third kappa shape index (κ3) is 4.53. The Kier molecular flexibility index (Phi) is 6.36. The highest BCUT2D eigenvalue weighted by Gasteiger charge is 2.28. The van der Waals surface area contributed by atoms with Crippen LogP contribution in [0.5, 0.6) is 0 Å². The molecule has 24 heavy (non-hydrogen) atoms. The molecule has 1 saturated heterocycles. The van der Waals surface area contributed by atoms with Crippen LogP contribution >= 0.6 is 23.2 Å². The first-order chi connectivity index (χ1) is 11.2. The van der Waals surface area contributed by atoms with Gasteiger partial charge in [-0.15, -0.1) is 0 Å². The molecule has 134 valence electrons. The normalized spacial score (nSPS) is 16.2. The molecule has 0 atom stereocenters. The molecule has 9 heteroatoms. The van der Waals surface area contributed by atoms with Crippen molar-refractivity contribution in [2.45, 2.75) is 6.92 Å². The molecule has 1 aliphatic heterocycles. The molecular weight excluding hydrogens is 373 g/mol. The van der Waals surface area contributed by atoms with Gasteiger partial charge in [0.05, 0.1) is 22.0 Å². The number of halogens is 2. The predicted octanol–water partition coefficient (Wildman–Crippen LogP) is 1.92. The average molecular weight is 394 g/mol. The van der Waals surface area contributed by atoms with E-state index in [0.29, 0.717) is 13.1 Å². The van der Waals surface area contributed by atoms with Gasteiger partial charge in [0.15, 0.2) is 0 Å². The second kappa shape index (κ2) is 7.91. The molecule has 0 aliphatic carbocycles. The number of rotatable bonds is 5. The summed E-state index contributed by atoms with van der Waals surface area (Å²) in [5, 5.41) is 0.382. The van der Waals surface area contributed by atoms with Crippen LogP contribution in [0.2, 0.25) is 10.0 Å². The molecule has 2 rings (SSSR count). The molecule has 0 N–H and O–H groups in total. The van der Waals surface area contributed by atoms with Crippen LogP contribution < -0.4 is 4.31 Å². The Labute approximate surface area is 153 Å². The molecule has 1 aromatic carbocycles. The first kappa shape index (κ1) is 19.3. The van der Waals surface area contributed by atoms with Gasteiger partial charge in [0.25, 0.3) is 0 Å². The zero-order valence-electron chi connectivity index (χ0n) is 13.7. The second-order valence-electron chi connectivity index (χ2n) is 5.65. The first-order valence-corrected chi connectivity index (χ1v) is 10.3. The minimum absolute atomic E-state index is 0.142. The van der Waals surface area contributed by atoms with Crippen molar-refractivity contribution in [3.8, 4) is 0 Å². The topological polar surface area (TPSA) is 60.9 Å². The molecule has 0 bridgehead atoms. The van der Waals surface area contributed by atoms with Crippen LogP contribution in [0.3, 0.4) is 0 Å². The van der Waals surface area contributed by atoms with E-state index in [1.165, 1.54) is 0 Å². The van der Waals surface area contributed by atoms with Gasteiger partial charge in [-0.25, -0.2) is 8.42 Å². The van der Waals surface area contributed by atoms with E-state index in [-0.39, 0.29) is 28.2 Å². The van der Waals surface area contributed by atoms with Crippen LogP contribution in [0.1, 0.15) is 6.92 Å². The van der Waals surface area contributed by atoms with Gasteiger partial charge in [0.2, 0.25) is 15.9 Å². The molecule has 1 fully saturated rings. The standard InChI is InChI=1S/C15H21Cl2N3O3S/c1-3-18-7-9-19(10-8-18)14(21)11-20(24(2,22)23)15-12(16)5-4-6-13(15)17/h4-6H,3,7-11H2,1-2H3. The number of para-hydroxylation sites is 1. The van der Waals surface area contributed by atoms with Crippen molar-refractivity contribution < 1.29 is 13.2 Å². The highest BCUT2D eigenvalue weighted by Crippen LogP contribution is 2.34. The highest BCUT2D eigenvalue weighted by molar-refractivity contribution is 7.92. The number of hydrogen-bond acceptors (Lipinski definition) is 4. The van der Waals surface area contributed by atoms with E-state index in [0.717, 1.165) is 30.2 Å². The van der Waals surface area contributed by atoms with E-state index in [1.54, 1.807) is 23.1 Å².